The summed E-state index contributed by atoms with van der Waals surface area (Å²) in [5, 5.41) is 2.28. The zero-order valence-electron chi connectivity index (χ0n) is 9.66. The number of nitrogens with zero attached hydrogens (tertiary/aromatic N) is 1. The smallest absolute Gasteiger partial charge is 0.160 e. The number of halogens is 3. The molecule has 2 rings (SSSR count). The van der Waals surface area contributed by atoms with Gasteiger partial charge in [0.1, 0.15) is 5.03 Å². The first-order valence-electron chi connectivity index (χ1n) is 5.30. The predicted octanol–water partition coefficient (Wildman–Crippen LogP) is 4.62. The van der Waals surface area contributed by atoms with E-state index in [1.165, 1.54) is 11.8 Å². The van der Waals surface area contributed by atoms with Crippen LogP contribution < -0.4 is 11.3 Å². The molecule has 0 aliphatic rings. The van der Waals surface area contributed by atoms with E-state index in [4.69, 9.17) is 40.6 Å². The Labute approximate surface area is 130 Å². The van der Waals surface area contributed by atoms with Gasteiger partial charge in [-0.2, -0.15) is 0 Å². The van der Waals surface area contributed by atoms with Gasteiger partial charge in [-0.15, -0.1) is 11.8 Å². The van der Waals surface area contributed by atoms with Crippen LogP contribution in [0.3, 0.4) is 0 Å². The highest BCUT2D eigenvalue weighted by molar-refractivity contribution is 7.98. The average Bonchev–Trinajstić information content (AvgIpc) is 2.40. The summed E-state index contributed by atoms with van der Waals surface area (Å²) in [6.07, 6.45) is 0. The summed E-state index contributed by atoms with van der Waals surface area (Å²) in [5.41, 5.74) is 3.57. The Bertz CT molecular complexity index is 575. The SMILES string of the molecule is NNc1nc(SCc2ccc(Cl)cc2)c(Cl)cc1Cl. The van der Waals surface area contributed by atoms with Gasteiger partial charge in [0, 0.05) is 10.8 Å². The van der Waals surface area contributed by atoms with E-state index in [0.717, 1.165) is 11.3 Å². The lowest BCUT2D eigenvalue weighted by atomic mass is 10.2. The molecule has 0 aliphatic carbocycles. The summed E-state index contributed by atoms with van der Waals surface area (Å²) in [6, 6.07) is 9.24. The summed E-state index contributed by atoms with van der Waals surface area (Å²) >= 11 is 19.4. The molecule has 3 nitrogen and oxygen atoms in total. The minimum atomic E-state index is 0.392. The van der Waals surface area contributed by atoms with E-state index in [2.05, 4.69) is 10.4 Å². The fourth-order valence-electron chi connectivity index (χ4n) is 1.38. The number of thioether (sulfide) groups is 1. The number of hydrazine groups is 1. The number of nitrogen functional groups attached to an aromatic ring is 1. The highest BCUT2D eigenvalue weighted by Gasteiger charge is 2.09. The molecular weight excluding hydrogens is 325 g/mol. The van der Waals surface area contributed by atoms with Crippen LogP contribution in [0.4, 0.5) is 5.82 Å². The Morgan fingerprint density at radius 1 is 1.11 bits per heavy atom. The van der Waals surface area contributed by atoms with Crippen LogP contribution in [0.25, 0.3) is 0 Å². The van der Waals surface area contributed by atoms with E-state index in [9.17, 15) is 0 Å². The van der Waals surface area contributed by atoms with Crippen molar-refractivity contribution in [2.75, 3.05) is 5.43 Å². The second-order valence-corrected chi connectivity index (χ2v) is 5.88. The van der Waals surface area contributed by atoms with Gasteiger partial charge < -0.3 is 5.43 Å². The number of hydrogen-bond acceptors (Lipinski definition) is 4. The molecule has 0 unspecified atom stereocenters. The van der Waals surface area contributed by atoms with Gasteiger partial charge in [-0.25, -0.2) is 10.8 Å². The van der Waals surface area contributed by atoms with E-state index in [1.807, 2.05) is 24.3 Å². The van der Waals surface area contributed by atoms with Crippen molar-refractivity contribution in [1.82, 2.24) is 4.98 Å². The van der Waals surface area contributed by atoms with E-state index < -0.39 is 0 Å². The van der Waals surface area contributed by atoms with Gasteiger partial charge in [-0.05, 0) is 23.8 Å². The first kappa shape index (κ1) is 14.8. The maximum absolute atomic E-state index is 6.09. The fraction of sp³-hybridized carbons (Fsp3) is 0.0833. The molecule has 1 heterocycles. The Kier molecular flexibility index (Phi) is 5.19. The molecule has 19 heavy (non-hydrogen) atoms. The van der Waals surface area contributed by atoms with Gasteiger partial charge in [0.05, 0.1) is 10.0 Å². The number of nitrogens with two attached hydrogens (primary N) is 1. The lowest BCUT2D eigenvalue weighted by molar-refractivity contribution is 1.11. The van der Waals surface area contributed by atoms with E-state index >= 15 is 0 Å². The van der Waals surface area contributed by atoms with Crippen LogP contribution in [0, 0.1) is 0 Å². The van der Waals surface area contributed by atoms with E-state index in [1.54, 1.807) is 6.07 Å². The van der Waals surface area contributed by atoms with Gasteiger partial charge in [-0.3, -0.25) is 0 Å². The van der Waals surface area contributed by atoms with Crippen LogP contribution in [0.1, 0.15) is 5.56 Å². The lowest BCUT2D eigenvalue weighted by Crippen LogP contribution is -2.09. The highest BCUT2D eigenvalue weighted by atomic mass is 35.5. The monoisotopic (exact) mass is 333 g/mol. The van der Waals surface area contributed by atoms with E-state index in [0.29, 0.717) is 25.9 Å². The van der Waals surface area contributed by atoms with Crippen LogP contribution in [-0.4, -0.2) is 4.98 Å². The number of nitrogens with one attached hydrogen (secondary N) is 1. The quantitative estimate of drug-likeness (QED) is 0.486. The zero-order chi connectivity index (χ0) is 13.8. The molecule has 0 bridgehead atoms. The molecule has 7 heteroatoms. The third-order valence-electron chi connectivity index (χ3n) is 2.32. The van der Waals surface area contributed by atoms with Crippen molar-refractivity contribution in [3.05, 3.63) is 51.0 Å². The van der Waals surface area contributed by atoms with Crippen molar-refractivity contribution in [3.8, 4) is 0 Å². The molecule has 0 saturated carbocycles. The van der Waals surface area contributed by atoms with Gasteiger partial charge in [-0.1, -0.05) is 46.9 Å². The summed E-state index contributed by atoms with van der Waals surface area (Å²) in [6.45, 7) is 0. The average molecular weight is 335 g/mol. The van der Waals surface area contributed by atoms with Gasteiger partial charge in [0.25, 0.3) is 0 Å². The molecular formula is C12H10Cl3N3S. The number of anilines is 1. The second kappa shape index (κ2) is 6.68. The lowest BCUT2D eigenvalue weighted by Gasteiger charge is -2.08. The van der Waals surface area contributed by atoms with Crippen molar-refractivity contribution in [2.24, 2.45) is 5.84 Å². The number of aromatic nitrogens is 1. The summed E-state index contributed by atoms with van der Waals surface area (Å²) < 4.78 is 0. The van der Waals surface area contributed by atoms with Crippen molar-refractivity contribution in [3.63, 3.8) is 0 Å². The molecule has 0 radical (unpaired) electrons. The number of pyridine rings is 1. The van der Waals surface area contributed by atoms with Gasteiger partial charge >= 0.3 is 0 Å². The second-order valence-electron chi connectivity index (χ2n) is 3.67. The van der Waals surface area contributed by atoms with Gasteiger partial charge in [0.2, 0.25) is 0 Å². The fourth-order valence-corrected chi connectivity index (χ4v) is 2.94. The van der Waals surface area contributed by atoms with Crippen LogP contribution in [0.15, 0.2) is 35.4 Å². The zero-order valence-corrected chi connectivity index (χ0v) is 12.7. The Morgan fingerprint density at radius 2 is 1.79 bits per heavy atom. The third-order valence-corrected chi connectivity index (χ3v) is 4.33. The normalized spacial score (nSPS) is 10.5. The molecule has 2 aromatic rings. The van der Waals surface area contributed by atoms with Crippen molar-refractivity contribution in [1.29, 1.82) is 0 Å². The molecule has 0 atom stereocenters. The van der Waals surface area contributed by atoms with Crippen molar-refractivity contribution < 1.29 is 0 Å². The minimum absolute atomic E-state index is 0.392. The van der Waals surface area contributed by atoms with Crippen LogP contribution in [0.2, 0.25) is 15.1 Å². The molecule has 100 valence electrons. The Morgan fingerprint density at radius 3 is 2.42 bits per heavy atom. The van der Waals surface area contributed by atoms with E-state index in [-0.39, 0.29) is 0 Å². The first-order valence-corrected chi connectivity index (χ1v) is 7.42. The Balaban J connectivity index is 2.13. The molecule has 0 spiro atoms. The number of hydrogen-bond donors (Lipinski definition) is 2. The summed E-state index contributed by atoms with van der Waals surface area (Å²) in [7, 11) is 0. The summed E-state index contributed by atoms with van der Waals surface area (Å²) in [4.78, 5) is 4.26. The maximum Gasteiger partial charge on any atom is 0.160 e. The summed E-state index contributed by atoms with van der Waals surface area (Å²) in [5.74, 6) is 6.47. The van der Waals surface area contributed by atoms with Crippen molar-refractivity contribution in [2.45, 2.75) is 10.8 Å². The number of benzene rings is 1. The first-order chi connectivity index (χ1) is 9.10. The standard InChI is InChI=1S/C12H10Cl3N3S/c13-8-3-1-7(2-4-8)6-19-12-10(15)5-9(14)11(17-12)18-16/h1-5H,6,16H2,(H,17,18). The van der Waals surface area contributed by atoms with Crippen LogP contribution in [-0.2, 0) is 5.75 Å². The maximum atomic E-state index is 6.09. The molecule has 1 aromatic heterocycles. The molecule has 0 amide bonds. The molecule has 0 aliphatic heterocycles. The highest BCUT2D eigenvalue weighted by Crippen LogP contribution is 2.33. The predicted molar refractivity (Wildman–Crippen MR) is 83.1 cm³/mol. The van der Waals surface area contributed by atoms with Crippen molar-refractivity contribution >= 4 is 52.4 Å². The third kappa shape index (κ3) is 3.91. The molecule has 3 N–H and O–H groups in total. The number of rotatable bonds is 4. The van der Waals surface area contributed by atoms with Crippen LogP contribution >= 0.6 is 46.6 Å². The molecule has 0 fully saturated rings. The topological polar surface area (TPSA) is 50.9 Å². The largest absolute Gasteiger partial charge is 0.307 e. The Hall–Kier alpha value is -0.650. The minimum Gasteiger partial charge on any atom is -0.307 e. The van der Waals surface area contributed by atoms with Gasteiger partial charge in [0.15, 0.2) is 5.82 Å². The molecule has 0 saturated heterocycles. The van der Waals surface area contributed by atoms with Crippen LogP contribution in [0.5, 0.6) is 0 Å². The molecule has 1 aromatic carbocycles.